The van der Waals surface area contributed by atoms with E-state index in [0.29, 0.717) is 17.2 Å². The minimum Gasteiger partial charge on any atom is -0.479 e. The molecule has 0 radical (unpaired) electrons. The molecule has 0 amide bonds. The first-order chi connectivity index (χ1) is 7.54. The minimum absolute atomic E-state index is 0.497. The highest BCUT2D eigenvalue weighted by atomic mass is 35.5. The molecule has 4 heteroatoms. The zero-order valence-corrected chi connectivity index (χ0v) is 10.1. The van der Waals surface area contributed by atoms with E-state index in [4.69, 9.17) is 21.4 Å². The topological polar surface area (TPSA) is 46.5 Å². The van der Waals surface area contributed by atoms with Crippen molar-refractivity contribution in [2.24, 2.45) is 0 Å². The van der Waals surface area contributed by atoms with Gasteiger partial charge in [0.1, 0.15) is 5.75 Å². The molecule has 0 bridgehead atoms. The summed E-state index contributed by atoms with van der Waals surface area (Å²) in [6.07, 6.45) is 0.478. The van der Waals surface area contributed by atoms with Gasteiger partial charge in [0.05, 0.1) is 0 Å². The first-order valence-corrected chi connectivity index (χ1v) is 5.58. The van der Waals surface area contributed by atoms with Crippen LogP contribution in [0, 0.1) is 6.92 Å². The van der Waals surface area contributed by atoms with Crippen molar-refractivity contribution >= 4 is 17.6 Å². The Morgan fingerprint density at radius 2 is 2.25 bits per heavy atom. The van der Waals surface area contributed by atoms with E-state index in [1.807, 2.05) is 13.8 Å². The number of aliphatic carboxylic acids is 1. The molecule has 1 aromatic carbocycles. The van der Waals surface area contributed by atoms with Crippen molar-refractivity contribution in [1.29, 1.82) is 0 Å². The van der Waals surface area contributed by atoms with E-state index in [2.05, 4.69) is 0 Å². The molecule has 0 spiro atoms. The fourth-order valence-corrected chi connectivity index (χ4v) is 1.62. The highest BCUT2D eigenvalue weighted by Gasteiger charge is 2.18. The predicted molar refractivity (Wildman–Crippen MR) is 63.1 cm³/mol. The van der Waals surface area contributed by atoms with Gasteiger partial charge in [-0.1, -0.05) is 24.9 Å². The van der Waals surface area contributed by atoms with E-state index < -0.39 is 12.1 Å². The Morgan fingerprint density at radius 1 is 1.56 bits per heavy atom. The van der Waals surface area contributed by atoms with Crippen LogP contribution in [0.2, 0.25) is 5.02 Å². The lowest BCUT2D eigenvalue weighted by Crippen LogP contribution is -2.26. The molecule has 0 fully saturated rings. The second kappa shape index (κ2) is 5.75. The SMILES string of the molecule is CCCC(Oc1ccc(Cl)cc1C)C(=O)O. The van der Waals surface area contributed by atoms with Crippen molar-refractivity contribution in [1.82, 2.24) is 0 Å². The molecule has 0 aromatic heterocycles. The van der Waals surface area contributed by atoms with Crippen LogP contribution < -0.4 is 4.74 Å². The average Bonchev–Trinajstić information content (AvgIpc) is 2.20. The van der Waals surface area contributed by atoms with E-state index in [0.717, 1.165) is 12.0 Å². The van der Waals surface area contributed by atoms with E-state index in [1.165, 1.54) is 0 Å². The highest BCUT2D eigenvalue weighted by Crippen LogP contribution is 2.23. The maximum absolute atomic E-state index is 10.9. The smallest absolute Gasteiger partial charge is 0.344 e. The predicted octanol–water partition coefficient (Wildman–Crippen LogP) is 3.28. The highest BCUT2D eigenvalue weighted by molar-refractivity contribution is 6.30. The normalized spacial score (nSPS) is 12.2. The zero-order chi connectivity index (χ0) is 12.1. The largest absolute Gasteiger partial charge is 0.479 e. The summed E-state index contributed by atoms with van der Waals surface area (Å²) in [6, 6.07) is 5.14. The van der Waals surface area contributed by atoms with Gasteiger partial charge in [0.2, 0.25) is 0 Å². The number of halogens is 1. The van der Waals surface area contributed by atoms with Gasteiger partial charge >= 0.3 is 5.97 Å². The van der Waals surface area contributed by atoms with Gasteiger partial charge < -0.3 is 9.84 Å². The van der Waals surface area contributed by atoms with Crippen molar-refractivity contribution < 1.29 is 14.6 Å². The summed E-state index contributed by atoms with van der Waals surface area (Å²) < 4.78 is 5.44. The van der Waals surface area contributed by atoms with E-state index in [9.17, 15) is 4.79 Å². The van der Waals surface area contributed by atoms with Gasteiger partial charge in [0, 0.05) is 5.02 Å². The number of hydrogen-bond acceptors (Lipinski definition) is 2. The van der Waals surface area contributed by atoms with Crippen LogP contribution in [-0.4, -0.2) is 17.2 Å². The molecule has 1 atom stereocenters. The number of ether oxygens (including phenoxy) is 1. The van der Waals surface area contributed by atoms with E-state index in [1.54, 1.807) is 18.2 Å². The van der Waals surface area contributed by atoms with Crippen LogP contribution in [0.4, 0.5) is 0 Å². The third-order valence-electron chi connectivity index (χ3n) is 2.23. The molecule has 3 nitrogen and oxygen atoms in total. The number of carboxylic acid groups (broad SMARTS) is 1. The molecule has 0 aliphatic carbocycles. The van der Waals surface area contributed by atoms with Gasteiger partial charge in [-0.25, -0.2) is 4.79 Å². The number of benzene rings is 1. The van der Waals surface area contributed by atoms with Gasteiger partial charge in [-0.05, 0) is 37.1 Å². The molecular weight excluding hydrogens is 228 g/mol. The lowest BCUT2D eigenvalue weighted by Gasteiger charge is -2.16. The second-order valence-corrected chi connectivity index (χ2v) is 4.08. The van der Waals surface area contributed by atoms with Crippen LogP contribution in [0.5, 0.6) is 5.75 Å². The summed E-state index contributed by atoms with van der Waals surface area (Å²) in [5.74, 6) is -0.360. The molecule has 0 aliphatic rings. The van der Waals surface area contributed by atoms with Crippen LogP contribution in [0.1, 0.15) is 25.3 Å². The molecule has 0 saturated heterocycles. The molecule has 16 heavy (non-hydrogen) atoms. The number of carboxylic acids is 1. The van der Waals surface area contributed by atoms with Crippen molar-refractivity contribution in [3.05, 3.63) is 28.8 Å². The lowest BCUT2D eigenvalue weighted by molar-refractivity contribution is -0.145. The quantitative estimate of drug-likeness (QED) is 0.862. The summed E-state index contributed by atoms with van der Waals surface area (Å²) in [5, 5.41) is 9.58. The van der Waals surface area contributed by atoms with Crippen LogP contribution in [0.25, 0.3) is 0 Å². The number of hydrogen-bond donors (Lipinski definition) is 1. The summed E-state index contributed by atoms with van der Waals surface area (Å²) in [5.41, 5.74) is 0.842. The molecular formula is C12H15ClO3. The van der Waals surface area contributed by atoms with E-state index in [-0.39, 0.29) is 0 Å². The summed E-state index contributed by atoms with van der Waals surface area (Å²) in [7, 11) is 0. The van der Waals surface area contributed by atoms with Gasteiger partial charge in [0.25, 0.3) is 0 Å². The maximum atomic E-state index is 10.9. The minimum atomic E-state index is -0.934. The second-order valence-electron chi connectivity index (χ2n) is 3.64. The standard InChI is InChI=1S/C12H15ClO3/c1-3-4-11(12(14)15)16-10-6-5-9(13)7-8(10)2/h5-7,11H,3-4H2,1-2H3,(H,14,15). The summed E-state index contributed by atoms with van der Waals surface area (Å²) in [4.78, 5) is 10.9. The Morgan fingerprint density at radius 3 is 2.75 bits per heavy atom. The molecule has 88 valence electrons. The fourth-order valence-electron chi connectivity index (χ4n) is 1.39. The third-order valence-corrected chi connectivity index (χ3v) is 2.47. The van der Waals surface area contributed by atoms with Crippen molar-refractivity contribution in [3.8, 4) is 5.75 Å². The van der Waals surface area contributed by atoms with E-state index >= 15 is 0 Å². The molecule has 0 heterocycles. The Balaban J connectivity index is 2.81. The van der Waals surface area contributed by atoms with Crippen molar-refractivity contribution in [3.63, 3.8) is 0 Å². The van der Waals surface area contributed by atoms with Crippen LogP contribution in [0.15, 0.2) is 18.2 Å². The maximum Gasteiger partial charge on any atom is 0.344 e. The van der Waals surface area contributed by atoms with Crippen LogP contribution >= 0.6 is 11.6 Å². The zero-order valence-electron chi connectivity index (χ0n) is 9.37. The molecule has 0 saturated carbocycles. The molecule has 1 rings (SSSR count). The third kappa shape index (κ3) is 3.42. The lowest BCUT2D eigenvalue weighted by atomic mass is 10.2. The Kier molecular flexibility index (Phi) is 4.62. The number of carbonyl (C=O) groups is 1. The van der Waals surface area contributed by atoms with Gasteiger partial charge in [0.15, 0.2) is 6.10 Å². The first-order valence-electron chi connectivity index (χ1n) is 5.20. The first kappa shape index (κ1) is 12.8. The summed E-state index contributed by atoms with van der Waals surface area (Å²) in [6.45, 7) is 3.76. The van der Waals surface area contributed by atoms with Gasteiger partial charge in [-0.3, -0.25) is 0 Å². The fraction of sp³-hybridized carbons (Fsp3) is 0.417. The molecule has 1 unspecified atom stereocenters. The monoisotopic (exact) mass is 242 g/mol. The van der Waals surface area contributed by atoms with Crippen molar-refractivity contribution in [2.45, 2.75) is 32.8 Å². The van der Waals surface area contributed by atoms with Gasteiger partial charge in [-0.2, -0.15) is 0 Å². The van der Waals surface area contributed by atoms with Crippen LogP contribution in [0.3, 0.4) is 0 Å². The Bertz CT molecular complexity index is 377. The van der Waals surface area contributed by atoms with Crippen molar-refractivity contribution in [2.75, 3.05) is 0 Å². The Hall–Kier alpha value is -1.22. The Labute approximate surface area is 100.0 Å². The van der Waals surface area contributed by atoms with Gasteiger partial charge in [-0.15, -0.1) is 0 Å². The number of aryl methyl sites for hydroxylation is 1. The summed E-state index contributed by atoms with van der Waals surface area (Å²) >= 11 is 5.81. The average molecular weight is 243 g/mol. The molecule has 0 aliphatic heterocycles. The number of rotatable bonds is 5. The molecule has 1 N–H and O–H groups in total. The molecule has 1 aromatic rings. The van der Waals surface area contributed by atoms with Crippen LogP contribution in [-0.2, 0) is 4.79 Å².